The highest BCUT2D eigenvalue weighted by molar-refractivity contribution is 8.00. The molecule has 2 aromatic rings. The van der Waals surface area contributed by atoms with Crippen molar-refractivity contribution in [3.63, 3.8) is 0 Å². The first-order valence-corrected chi connectivity index (χ1v) is 7.52. The van der Waals surface area contributed by atoms with Crippen LogP contribution < -0.4 is 11.1 Å². The van der Waals surface area contributed by atoms with Crippen molar-refractivity contribution in [2.75, 3.05) is 11.1 Å². The predicted molar refractivity (Wildman–Crippen MR) is 85.6 cm³/mol. The number of amides is 1. The number of thioether (sulfide) groups is 1. The average Bonchev–Trinajstić information content (AvgIpc) is 2.73. The van der Waals surface area contributed by atoms with E-state index in [4.69, 9.17) is 17.3 Å². The van der Waals surface area contributed by atoms with Crippen LogP contribution in [0.1, 0.15) is 12.7 Å². The summed E-state index contributed by atoms with van der Waals surface area (Å²) >= 11 is 7.17. The fraction of sp³-hybridized carbons (Fsp3) is 0.308. The zero-order valence-corrected chi connectivity index (χ0v) is 13.5. The Morgan fingerprint density at radius 3 is 2.76 bits per heavy atom. The van der Waals surface area contributed by atoms with Crippen LogP contribution >= 0.6 is 23.4 Å². The van der Waals surface area contributed by atoms with Gasteiger partial charge in [0.05, 0.1) is 16.6 Å². The number of nitrogens with two attached hydrogens (primary N) is 1. The summed E-state index contributed by atoms with van der Waals surface area (Å²) in [6.07, 6.45) is 0. The van der Waals surface area contributed by atoms with Gasteiger partial charge in [0, 0.05) is 12.1 Å². The van der Waals surface area contributed by atoms with Crippen molar-refractivity contribution in [3.8, 4) is 0 Å². The molecule has 0 spiro atoms. The van der Waals surface area contributed by atoms with E-state index >= 15 is 0 Å². The van der Waals surface area contributed by atoms with Gasteiger partial charge < -0.3 is 15.6 Å². The second-order valence-corrected chi connectivity index (χ2v) is 6.31. The standard InChI is InChI=1S/C13H16ClN5OS/c1-7(21-13-18-17-8(2)19(13)3)12(20)16-11-5-4-9(14)6-10(11)15/h4-7H,15H2,1-3H3,(H,16,20). The molecule has 1 amide bonds. The van der Waals surface area contributed by atoms with Crippen molar-refractivity contribution in [3.05, 3.63) is 29.0 Å². The molecule has 1 aromatic carbocycles. The van der Waals surface area contributed by atoms with Gasteiger partial charge in [-0.05, 0) is 32.0 Å². The zero-order valence-electron chi connectivity index (χ0n) is 11.9. The van der Waals surface area contributed by atoms with E-state index in [0.717, 1.165) is 5.82 Å². The number of aromatic nitrogens is 3. The number of rotatable bonds is 4. The molecule has 0 aliphatic rings. The number of nitrogens with zero attached hydrogens (tertiary/aromatic N) is 3. The van der Waals surface area contributed by atoms with Gasteiger partial charge in [-0.15, -0.1) is 10.2 Å². The van der Waals surface area contributed by atoms with E-state index in [2.05, 4.69) is 15.5 Å². The van der Waals surface area contributed by atoms with Gasteiger partial charge in [-0.25, -0.2) is 0 Å². The summed E-state index contributed by atoms with van der Waals surface area (Å²) in [5.41, 5.74) is 6.80. The summed E-state index contributed by atoms with van der Waals surface area (Å²) in [5.74, 6) is 0.640. The maximum absolute atomic E-state index is 12.2. The topological polar surface area (TPSA) is 85.8 Å². The predicted octanol–water partition coefficient (Wildman–Crippen LogP) is 2.48. The Morgan fingerprint density at radius 2 is 2.19 bits per heavy atom. The van der Waals surface area contributed by atoms with Gasteiger partial charge in [-0.3, -0.25) is 4.79 Å². The largest absolute Gasteiger partial charge is 0.397 e. The van der Waals surface area contributed by atoms with E-state index in [-0.39, 0.29) is 11.2 Å². The lowest BCUT2D eigenvalue weighted by Crippen LogP contribution is -2.23. The summed E-state index contributed by atoms with van der Waals surface area (Å²) in [4.78, 5) is 12.2. The molecule has 21 heavy (non-hydrogen) atoms. The van der Waals surface area contributed by atoms with Crippen LogP contribution in [0.5, 0.6) is 0 Å². The Balaban J connectivity index is 2.04. The van der Waals surface area contributed by atoms with E-state index in [1.165, 1.54) is 11.8 Å². The number of aryl methyl sites for hydroxylation is 1. The molecule has 1 heterocycles. The van der Waals surface area contributed by atoms with Gasteiger partial charge in [0.2, 0.25) is 5.91 Å². The molecule has 1 unspecified atom stereocenters. The first-order valence-electron chi connectivity index (χ1n) is 6.27. The minimum absolute atomic E-state index is 0.158. The van der Waals surface area contributed by atoms with Crippen molar-refractivity contribution < 1.29 is 4.79 Å². The van der Waals surface area contributed by atoms with Crippen molar-refractivity contribution >= 4 is 40.6 Å². The van der Waals surface area contributed by atoms with Crippen LogP contribution in [-0.2, 0) is 11.8 Å². The van der Waals surface area contributed by atoms with Crippen LogP contribution in [0.2, 0.25) is 5.02 Å². The summed E-state index contributed by atoms with van der Waals surface area (Å²) in [6.45, 7) is 3.66. The molecule has 0 radical (unpaired) electrons. The number of halogens is 1. The second-order valence-electron chi connectivity index (χ2n) is 4.57. The minimum atomic E-state index is -0.331. The SMILES string of the molecule is Cc1nnc(SC(C)C(=O)Nc2ccc(Cl)cc2N)n1C. The number of hydrogen-bond donors (Lipinski definition) is 2. The average molecular weight is 326 g/mol. The summed E-state index contributed by atoms with van der Waals surface area (Å²) in [6, 6.07) is 4.96. The van der Waals surface area contributed by atoms with Crippen LogP contribution in [0, 0.1) is 6.92 Å². The van der Waals surface area contributed by atoms with E-state index in [1.807, 2.05) is 18.5 Å². The van der Waals surface area contributed by atoms with Gasteiger partial charge >= 0.3 is 0 Å². The zero-order chi connectivity index (χ0) is 15.6. The highest BCUT2D eigenvalue weighted by Crippen LogP contribution is 2.25. The maximum Gasteiger partial charge on any atom is 0.237 e. The van der Waals surface area contributed by atoms with Crippen LogP contribution in [0.15, 0.2) is 23.4 Å². The quantitative estimate of drug-likeness (QED) is 0.666. The number of benzene rings is 1. The van der Waals surface area contributed by atoms with Gasteiger partial charge in [0.1, 0.15) is 5.82 Å². The van der Waals surface area contributed by atoms with Crippen molar-refractivity contribution in [1.82, 2.24) is 14.8 Å². The van der Waals surface area contributed by atoms with Gasteiger partial charge in [0.15, 0.2) is 5.16 Å². The lowest BCUT2D eigenvalue weighted by atomic mass is 10.2. The molecule has 2 rings (SSSR count). The van der Waals surface area contributed by atoms with Crippen molar-refractivity contribution in [2.45, 2.75) is 24.3 Å². The molecular weight excluding hydrogens is 310 g/mol. The molecule has 8 heteroatoms. The molecule has 0 aliphatic carbocycles. The summed E-state index contributed by atoms with van der Waals surface area (Å²) in [5, 5.41) is 11.7. The Morgan fingerprint density at radius 1 is 1.48 bits per heavy atom. The first-order chi connectivity index (χ1) is 9.88. The number of anilines is 2. The Hall–Kier alpha value is -1.73. The third kappa shape index (κ3) is 3.68. The number of hydrogen-bond acceptors (Lipinski definition) is 5. The molecule has 112 valence electrons. The number of nitrogen functional groups attached to an aromatic ring is 1. The van der Waals surface area contributed by atoms with E-state index in [9.17, 15) is 4.79 Å². The van der Waals surface area contributed by atoms with Gasteiger partial charge in [-0.2, -0.15) is 0 Å². The smallest absolute Gasteiger partial charge is 0.237 e. The molecule has 0 bridgehead atoms. The third-order valence-electron chi connectivity index (χ3n) is 2.98. The first kappa shape index (κ1) is 15.7. The number of carbonyl (C=O) groups excluding carboxylic acids is 1. The van der Waals surface area contributed by atoms with Crippen LogP contribution in [0.25, 0.3) is 0 Å². The maximum atomic E-state index is 12.2. The fourth-order valence-electron chi connectivity index (χ4n) is 1.58. The van der Waals surface area contributed by atoms with Crippen molar-refractivity contribution in [1.29, 1.82) is 0 Å². The molecule has 0 saturated heterocycles. The third-order valence-corrected chi connectivity index (χ3v) is 4.34. The molecule has 3 N–H and O–H groups in total. The Labute approximate surface area is 132 Å². The molecule has 0 aliphatic heterocycles. The molecule has 6 nitrogen and oxygen atoms in total. The lowest BCUT2D eigenvalue weighted by Gasteiger charge is -2.13. The van der Waals surface area contributed by atoms with Crippen LogP contribution in [0.3, 0.4) is 0 Å². The van der Waals surface area contributed by atoms with Crippen LogP contribution in [-0.4, -0.2) is 25.9 Å². The normalized spacial score (nSPS) is 12.2. The van der Waals surface area contributed by atoms with Gasteiger partial charge in [-0.1, -0.05) is 23.4 Å². The molecule has 1 atom stereocenters. The van der Waals surface area contributed by atoms with E-state index in [0.29, 0.717) is 21.6 Å². The monoisotopic (exact) mass is 325 g/mol. The molecule has 1 aromatic heterocycles. The fourth-order valence-corrected chi connectivity index (χ4v) is 2.62. The van der Waals surface area contributed by atoms with Gasteiger partial charge in [0.25, 0.3) is 0 Å². The highest BCUT2D eigenvalue weighted by atomic mass is 35.5. The number of carbonyl (C=O) groups is 1. The van der Waals surface area contributed by atoms with Crippen molar-refractivity contribution in [2.24, 2.45) is 7.05 Å². The molecule has 0 fully saturated rings. The summed E-state index contributed by atoms with van der Waals surface area (Å²) in [7, 11) is 1.86. The number of nitrogens with one attached hydrogen (secondary N) is 1. The molecular formula is C13H16ClN5OS. The van der Waals surface area contributed by atoms with Crippen LogP contribution in [0.4, 0.5) is 11.4 Å². The summed E-state index contributed by atoms with van der Waals surface area (Å²) < 4.78 is 1.84. The Kier molecular flexibility index (Phi) is 4.74. The highest BCUT2D eigenvalue weighted by Gasteiger charge is 2.18. The van der Waals surface area contributed by atoms with E-state index < -0.39 is 0 Å². The molecule has 0 saturated carbocycles. The minimum Gasteiger partial charge on any atom is -0.397 e. The van der Waals surface area contributed by atoms with E-state index in [1.54, 1.807) is 25.1 Å². The lowest BCUT2D eigenvalue weighted by molar-refractivity contribution is -0.115. The Bertz CT molecular complexity index is 673. The second kappa shape index (κ2) is 6.36.